The lowest BCUT2D eigenvalue weighted by atomic mass is 9.83. The lowest BCUT2D eigenvalue weighted by molar-refractivity contribution is 0.281. The predicted octanol–water partition coefficient (Wildman–Crippen LogP) is 0.936. The van der Waals surface area contributed by atoms with Crippen molar-refractivity contribution in [1.29, 1.82) is 0 Å². The zero-order valence-electron chi connectivity index (χ0n) is 8.43. The van der Waals surface area contributed by atoms with Crippen molar-refractivity contribution in [3.05, 3.63) is 0 Å². The van der Waals surface area contributed by atoms with Crippen LogP contribution in [0.25, 0.3) is 0 Å². The summed E-state index contributed by atoms with van der Waals surface area (Å²) in [4.78, 5) is 2.48. The highest BCUT2D eigenvalue weighted by molar-refractivity contribution is 5.01. The van der Waals surface area contributed by atoms with Crippen molar-refractivity contribution in [2.24, 2.45) is 11.3 Å². The molecule has 1 saturated heterocycles. The summed E-state index contributed by atoms with van der Waals surface area (Å²) in [7, 11) is 4.34. The molecule has 0 amide bonds. The molecular weight excluding hydrogens is 148 g/mol. The molecule has 3 atom stereocenters. The zero-order chi connectivity index (χ0) is 8.77. The predicted molar refractivity (Wildman–Crippen MR) is 51.2 cm³/mol. The maximum atomic E-state index is 3.41. The van der Waals surface area contributed by atoms with Crippen LogP contribution in [0.3, 0.4) is 0 Å². The van der Waals surface area contributed by atoms with Gasteiger partial charge in [0.25, 0.3) is 0 Å². The minimum atomic E-state index is 0.614. The van der Waals surface area contributed by atoms with Crippen LogP contribution >= 0.6 is 0 Å². The smallest absolute Gasteiger partial charge is 0.00731 e. The van der Waals surface area contributed by atoms with Gasteiger partial charge in [-0.25, -0.2) is 0 Å². The second-order valence-corrected chi connectivity index (χ2v) is 4.97. The number of hydrogen-bond donors (Lipinski definition) is 1. The van der Waals surface area contributed by atoms with Crippen LogP contribution in [0.2, 0.25) is 0 Å². The van der Waals surface area contributed by atoms with E-state index in [0.717, 1.165) is 12.0 Å². The van der Waals surface area contributed by atoms with Gasteiger partial charge < -0.3 is 10.2 Å². The van der Waals surface area contributed by atoms with E-state index < -0.39 is 0 Å². The number of rotatable bonds is 1. The molecule has 1 heterocycles. The maximum Gasteiger partial charge on any atom is 0.00731 e. The average molecular weight is 168 g/mol. The van der Waals surface area contributed by atoms with E-state index in [-0.39, 0.29) is 0 Å². The quantitative estimate of drug-likeness (QED) is 0.627. The van der Waals surface area contributed by atoms with Crippen molar-refractivity contribution >= 4 is 0 Å². The Bertz CT molecular complexity index is 181. The fourth-order valence-electron chi connectivity index (χ4n) is 3.21. The number of likely N-dealkylation sites (tertiary alicyclic amines) is 1. The summed E-state index contributed by atoms with van der Waals surface area (Å²) in [5.41, 5.74) is 0.614. The Balaban J connectivity index is 2.07. The van der Waals surface area contributed by atoms with Gasteiger partial charge in [-0.2, -0.15) is 0 Å². The van der Waals surface area contributed by atoms with Crippen LogP contribution in [0, 0.1) is 11.3 Å². The van der Waals surface area contributed by atoms with E-state index in [1.165, 1.54) is 25.9 Å². The maximum absolute atomic E-state index is 3.41. The van der Waals surface area contributed by atoms with Crippen molar-refractivity contribution in [2.75, 3.05) is 27.2 Å². The molecule has 12 heavy (non-hydrogen) atoms. The summed E-state index contributed by atoms with van der Waals surface area (Å²) >= 11 is 0. The summed E-state index contributed by atoms with van der Waals surface area (Å²) in [6.45, 7) is 5.07. The van der Waals surface area contributed by atoms with E-state index >= 15 is 0 Å². The first kappa shape index (κ1) is 8.52. The molecule has 1 aliphatic heterocycles. The van der Waals surface area contributed by atoms with E-state index in [9.17, 15) is 0 Å². The molecule has 0 spiro atoms. The number of fused-ring (bicyclic) bond motifs is 1. The Morgan fingerprint density at radius 3 is 2.83 bits per heavy atom. The van der Waals surface area contributed by atoms with Crippen molar-refractivity contribution in [2.45, 2.75) is 25.8 Å². The van der Waals surface area contributed by atoms with Crippen LogP contribution in [0.15, 0.2) is 0 Å². The minimum absolute atomic E-state index is 0.614. The summed E-state index contributed by atoms with van der Waals surface area (Å²) in [5, 5.41) is 3.41. The van der Waals surface area contributed by atoms with E-state index in [1.54, 1.807) is 0 Å². The molecule has 2 unspecified atom stereocenters. The van der Waals surface area contributed by atoms with E-state index in [2.05, 4.69) is 31.2 Å². The third-order valence-corrected chi connectivity index (χ3v) is 3.84. The Kier molecular flexibility index (Phi) is 1.92. The molecule has 1 aliphatic carbocycles. The van der Waals surface area contributed by atoms with E-state index in [0.29, 0.717) is 5.41 Å². The Morgan fingerprint density at radius 1 is 1.50 bits per heavy atom. The van der Waals surface area contributed by atoms with Gasteiger partial charge in [-0.3, -0.25) is 0 Å². The monoisotopic (exact) mass is 168 g/mol. The van der Waals surface area contributed by atoms with Gasteiger partial charge in [0.15, 0.2) is 0 Å². The summed E-state index contributed by atoms with van der Waals surface area (Å²) in [6, 6.07) is 0.786. The molecule has 2 aliphatic rings. The summed E-state index contributed by atoms with van der Waals surface area (Å²) in [6.07, 6.45) is 2.76. The van der Waals surface area contributed by atoms with E-state index in [1.807, 2.05) is 0 Å². The van der Waals surface area contributed by atoms with Gasteiger partial charge in [-0.05, 0) is 38.3 Å². The summed E-state index contributed by atoms with van der Waals surface area (Å²) < 4.78 is 0. The van der Waals surface area contributed by atoms with Crippen LogP contribution in [0.4, 0.5) is 0 Å². The van der Waals surface area contributed by atoms with Crippen LogP contribution in [0.5, 0.6) is 0 Å². The zero-order valence-corrected chi connectivity index (χ0v) is 8.43. The largest absolute Gasteiger partial charge is 0.317 e. The van der Waals surface area contributed by atoms with Crippen LogP contribution < -0.4 is 5.32 Å². The van der Waals surface area contributed by atoms with Gasteiger partial charge in [0.05, 0.1) is 0 Å². The SMILES string of the molecule is CNC1CC2CN(C)C[C@@]2(C)C1. The standard InChI is InChI=1S/C10H20N2/c1-10-5-9(11-2)4-8(10)6-12(3)7-10/h8-9,11H,4-7H2,1-3H3/t8?,9?,10-/m1/s1. The third kappa shape index (κ3) is 1.17. The second kappa shape index (κ2) is 2.71. The van der Waals surface area contributed by atoms with Crippen LogP contribution in [-0.4, -0.2) is 38.1 Å². The normalized spacial score (nSPS) is 48.2. The number of hydrogen-bond acceptors (Lipinski definition) is 2. The molecule has 0 aromatic heterocycles. The average Bonchev–Trinajstić information content (AvgIpc) is 2.38. The second-order valence-electron chi connectivity index (χ2n) is 4.97. The molecule has 0 bridgehead atoms. The fraction of sp³-hybridized carbons (Fsp3) is 1.00. The minimum Gasteiger partial charge on any atom is -0.317 e. The highest BCUT2D eigenvalue weighted by Crippen LogP contribution is 2.47. The summed E-state index contributed by atoms with van der Waals surface area (Å²) in [5.74, 6) is 0.944. The highest BCUT2D eigenvalue weighted by Gasteiger charge is 2.48. The first-order chi connectivity index (χ1) is 5.64. The van der Waals surface area contributed by atoms with Gasteiger partial charge in [0, 0.05) is 19.1 Å². The molecular formula is C10H20N2. The molecule has 2 nitrogen and oxygen atoms in total. The Labute approximate surface area is 75.3 Å². The number of nitrogens with one attached hydrogen (secondary N) is 1. The topological polar surface area (TPSA) is 15.3 Å². The van der Waals surface area contributed by atoms with Gasteiger partial charge in [0.2, 0.25) is 0 Å². The fourth-order valence-corrected chi connectivity index (χ4v) is 3.21. The van der Waals surface area contributed by atoms with Crippen LogP contribution in [0.1, 0.15) is 19.8 Å². The molecule has 0 aromatic rings. The molecule has 2 fully saturated rings. The van der Waals surface area contributed by atoms with Crippen molar-refractivity contribution in [3.8, 4) is 0 Å². The van der Waals surface area contributed by atoms with Gasteiger partial charge in [-0.15, -0.1) is 0 Å². The lowest BCUT2D eigenvalue weighted by Crippen LogP contribution is -2.28. The van der Waals surface area contributed by atoms with Crippen LogP contribution in [-0.2, 0) is 0 Å². The lowest BCUT2D eigenvalue weighted by Gasteiger charge is -2.22. The van der Waals surface area contributed by atoms with Gasteiger partial charge in [0.1, 0.15) is 0 Å². The molecule has 2 heteroatoms. The Hall–Kier alpha value is -0.0800. The molecule has 2 rings (SSSR count). The van der Waals surface area contributed by atoms with Gasteiger partial charge >= 0.3 is 0 Å². The van der Waals surface area contributed by atoms with Gasteiger partial charge in [-0.1, -0.05) is 6.92 Å². The third-order valence-electron chi connectivity index (χ3n) is 3.84. The first-order valence-electron chi connectivity index (χ1n) is 5.00. The van der Waals surface area contributed by atoms with Crippen molar-refractivity contribution in [1.82, 2.24) is 10.2 Å². The Morgan fingerprint density at radius 2 is 2.25 bits per heavy atom. The van der Waals surface area contributed by atoms with Crippen molar-refractivity contribution in [3.63, 3.8) is 0 Å². The van der Waals surface area contributed by atoms with E-state index in [4.69, 9.17) is 0 Å². The molecule has 1 saturated carbocycles. The molecule has 70 valence electrons. The van der Waals surface area contributed by atoms with Crippen molar-refractivity contribution < 1.29 is 0 Å². The number of nitrogens with zero attached hydrogens (tertiary/aromatic N) is 1. The molecule has 0 radical (unpaired) electrons. The molecule has 1 N–H and O–H groups in total. The molecule has 0 aromatic carbocycles. The highest BCUT2D eigenvalue weighted by atomic mass is 15.1. The first-order valence-corrected chi connectivity index (χ1v) is 5.00.